The second kappa shape index (κ2) is 34.3. The van der Waals surface area contributed by atoms with E-state index >= 15 is 0 Å². The zero-order valence-corrected chi connectivity index (χ0v) is 31.5. The molecule has 51 heavy (non-hydrogen) atoms. The van der Waals surface area contributed by atoms with E-state index in [2.05, 4.69) is 44.4 Å². The van der Waals surface area contributed by atoms with Gasteiger partial charge in [-0.05, 0) is 35.1 Å². The molecule has 0 atom stereocenters. The van der Waals surface area contributed by atoms with Gasteiger partial charge in [-0.25, -0.2) is 0 Å². The Morgan fingerprint density at radius 1 is 0.431 bits per heavy atom. The molecule has 0 heterocycles. The molecule has 0 aromatic heterocycles. The zero-order valence-electron chi connectivity index (χ0n) is 26.9. The van der Waals surface area contributed by atoms with Gasteiger partial charge < -0.3 is 31.2 Å². The molecule has 0 spiro atoms. The number of aliphatic imine (C=N–C) groups is 4. The Labute approximate surface area is 339 Å². The van der Waals surface area contributed by atoms with Gasteiger partial charge in [-0.3, -0.25) is 20.0 Å². The van der Waals surface area contributed by atoms with Crippen molar-refractivity contribution in [1.29, 1.82) is 0 Å². The van der Waals surface area contributed by atoms with Crippen LogP contribution in [0, 0.1) is 0 Å². The van der Waals surface area contributed by atoms with E-state index in [0.29, 0.717) is 48.4 Å². The molecule has 4 aromatic rings. The van der Waals surface area contributed by atoms with Crippen LogP contribution in [0.3, 0.4) is 0 Å². The summed E-state index contributed by atoms with van der Waals surface area (Å²) in [5.74, 6) is -0.0877. The summed E-state index contributed by atoms with van der Waals surface area (Å²) in [6, 6.07) is 27.2. The summed E-state index contributed by atoms with van der Waals surface area (Å²) < 4.78 is 0. The van der Waals surface area contributed by atoms with Crippen molar-refractivity contribution in [3.05, 3.63) is 130 Å². The van der Waals surface area contributed by atoms with Crippen molar-refractivity contribution >= 4 is 59.6 Å². The number of hydrogen-bond acceptors (Lipinski definition) is 10. The van der Waals surface area contributed by atoms with Crippen LogP contribution in [0.4, 0.5) is 0 Å². The maximum Gasteiger partial charge on any atom is 2.00 e. The first-order chi connectivity index (χ1) is 23.4. The Balaban J connectivity index is -0.000000744. The molecule has 0 aliphatic rings. The summed E-state index contributed by atoms with van der Waals surface area (Å²) in [6.07, 6.45) is 7.93. The van der Waals surface area contributed by atoms with Gasteiger partial charge in [0.1, 0.15) is 0 Å². The minimum absolute atomic E-state index is 0. The van der Waals surface area contributed by atoms with Crippen LogP contribution in [0.25, 0.3) is 10.8 Å². The fraction of sp³-hybridized carbons (Fsp3) is 0.167. The average molecular weight is 853 g/mol. The maximum atomic E-state index is 11.4. The summed E-state index contributed by atoms with van der Waals surface area (Å²) in [5, 5.41) is 62.7. The minimum Gasteiger partial charge on any atom is -0.872 e. The summed E-state index contributed by atoms with van der Waals surface area (Å²) in [6.45, 7) is 2.41. The van der Waals surface area contributed by atoms with Gasteiger partial charge in [0, 0.05) is 51.0 Å². The predicted molar refractivity (Wildman–Crippen MR) is 195 cm³/mol. The van der Waals surface area contributed by atoms with Crippen LogP contribution in [-0.4, -0.2) is 61.4 Å². The van der Waals surface area contributed by atoms with E-state index in [9.17, 15) is 20.4 Å². The third-order valence-corrected chi connectivity index (χ3v) is 5.75. The smallest absolute Gasteiger partial charge is 0.872 e. The molecule has 0 aliphatic heterocycles. The number of nitrogens with zero attached hydrogens (tertiary/aromatic N) is 6. The van der Waals surface area contributed by atoms with Crippen LogP contribution in [0.5, 0.6) is 23.0 Å². The van der Waals surface area contributed by atoms with E-state index in [0.717, 1.165) is 12.8 Å². The van der Waals surface area contributed by atoms with Crippen LogP contribution < -0.4 is 20.4 Å². The van der Waals surface area contributed by atoms with Crippen LogP contribution in [0.15, 0.2) is 117 Å². The molecule has 272 valence electrons. The van der Waals surface area contributed by atoms with Gasteiger partial charge in [0.2, 0.25) is 0 Å². The first kappa shape index (κ1) is 51.2. The first-order valence-corrected chi connectivity index (χ1v) is 15.3. The van der Waals surface area contributed by atoms with Crippen LogP contribution in [-0.2, 0) is 49.5 Å². The Hall–Kier alpha value is -4.16. The molecule has 0 saturated carbocycles. The molecule has 10 nitrogen and oxygen atoms in total. The minimum atomic E-state index is -0.0219. The molecule has 0 unspecified atom stereocenters. The van der Waals surface area contributed by atoms with Crippen molar-refractivity contribution < 1.29 is 69.9 Å². The van der Waals surface area contributed by atoms with Gasteiger partial charge in [0.15, 0.2) is 0 Å². The number of benzene rings is 4. The van der Waals surface area contributed by atoms with E-state index in [1.807, 2.05) is 24.3 Å². The van der Waals surface area contributed by atoms with Gasteiger partial charge in [0.25, 0.3) is 0 Å². The zero-order chi connectivity index (χ0) is 35.2. The molecule has 0 aliphatic carbocycles. The Kier molecular flexibility index (Phi) is 34.4. The van der Waals surface area contributed by atoms with Gasteiger partial charge in [0.05, 0.1) is 0 Å². The van der Waals surface area contributed by atoms with E-state index in [1.165, 1.54) is 34.6 Å². The van der Waals surface area contributed by atoms with Crippen LogP contribution in [0.1, 0.15) is 35.1 Å². The third kappa shape index (κ3) is 24.6. The standard InChI is InChI=1S/2C17H18N2O2.2CNS.3Ni/c2*20-16-8-3-1-6-14(16)12-18-10-5-11-19-13-15-7-2-4-9-17(15)21;2*2-1-3;;;/h2*1-4,6-9,12-13,20-21H,5,10-11H2;;;;;/q;;2*-1;3*+2/p-4. The summed E-state index contributed by atoms with van der Waals surface area (Å²) in [7, 11) is 0. The van der Waals surface area contributed by atoms with Gasteiger partial charge in [-0.2, -0.15) is 10.3 Å². The second-order valence-electron chi connectivity index (χ2n) is 9.18. The van der Waals surface area contributed by atoms with Crippen molar-refractivity contribution in [2.75, 3.05) is 26.2 Å². The number of para-hydroxylation sites is 4. The largest absolute Gasteiger partial charge is 2.00 e. The van der Waals surface area contributed by atoms with Crippen molar-refractivity contribution in [1.82, 2.24) is 0 Å². The number of rotatable bonds is 12. The van der Waals surface area contributed by atoms with Crippen molar-refractivity contribution in [2.45, 2.75) is 12.8 Å². The monoisotopic (exact) mass is 850 g/mol. The second-order valence-corrected chi connectivity index (χ2v) is 9.55. The van der Waals surface area contributed by atoms with E-state index in [4.69, 9.17) is 10.8 Å². The fourth-order valence-electron chi connectivity index (χ4n) is 3.51. The first-order valence-electron chi connectivity index (χ1n) is 14.4. The molecule has 4 rings (SSSR count). The quantitative estimate of drug-likeness (QED) is 0.0850. The Morgan fingerprint density at radius 3 is 0.784 bits per heavy atom. The number of isothiocyanates is 2. The SMILES string of the molecule is [N-]=C=S.[N-]=C=S.[Ni+2].[Ni+2].[Ni+2].[O-]c1ccccc1C=NCCCN=Cc1ccccc1[O-].[O-]c1ccccc1C=NCCCN=Cc1ccccc1[O-]. The molecular formula is C36H32N6Ni3O4S2. The predicted octanol–water partition coefficient (Wildman–Crippen LogP) is 4.83. The van der Waals surface area contributed by atoms with Gasteiger partial charge in [-0.1, -0.05) is 121 Å². The van der Waals surface area contributed by atoms with Crippen LogP contribution in [0.2, 0.25) is 0 Å². The van der Waals surface area contributed by atoms with Crippen molar-refractivity contribution in [3.63, 3.8) is 0 Å². The molecule has 15 heteroatoms. The molecule has 0 amide bonds. The molecule has 0 bridgehead atoms. The third-order valence-electron chi connectivity index (χ3n) is 5.75. The number of thiocarbonyl (C=S) groups is 2. The maximum absolute atomic E-state index is 11.4. The average Bonchev–Trinajstić information content (AvgIpc) is 3.08. The van der Waals surface area contributed by atoms with E-state index in [-0.39, 0.29) is 72.5 Å². The van der Waals surface area contributed by atoms with Crippen molar-refractivity contribution in [2.24, 2.45) is 20.0 Å². The van der Waals surface area contributed by atoms with Crippen molar-refractivity contribution in [3.8, 4) is 23.0 Å². The molecular weight excluding hydrogens is 821 g/mol. The topological polar surface area (TPSA) is 186 Å². The van der Waals surface area contributed by atoms with Crippen LogP contribution >= 0.6 is 24.4 Å². The molecule has 4 aromatic carbocycles. The summed E-state index contributed by atoms with van der Waals surface area (Å²) in [5.41, 5.74) is 2.39. The van der Waals surface area contributed by atoms with E-state index < -0.39 is 0 Å². The van der Waals surface area contributed by atoms with Gasteiger partial charge >= 0.3 is 49.5 Å². The molecule has 0 N–H and O–H groups in total. The summed E-state index contributed by atoms with van der Waals surface area (Å²) >= 11 is 7.40. The molecule has 0 fully saturated rings. The summed E-state index contributed by atoms with van der Waals surface area (Å²) in [4.78, 5) is 16.8. The molecule has 0 radical (unpaired) electrons. The normalized spacial score (nSPS) is 9.73. The fourth-order valence-corrected chi connectivity index (χ4v) is 3.51. The Bertz CT molecular complexity index is 1480. The van der Waals surface area contributed by atoms with Gasteiger partial charge in [-0.15, -0.1) is 23.0 Å². The molecule has 0 saturated heterocycles. The number of hydrogen-bond donors (Lipinski definition) is 0. The Morgan fingerprint density at radius 2 is 0.608 bits per heavy atom. The van der Waals surface area contributed by atoms with E-state index in [1.54, 1.807) is 73.4 Å².